The minimum atomic E-state index is -4.56. The predicted octanol–water partition coefficient (Wildman–Crippen LogP) is 11.0. The van der Waals surface area contributed by atoms with Crippen molar-refractivity contribution < 1.29 is 46.5 Å². The fourth-order valence-corrected chi connectivity index (χ4v) is 8.67. The molecule has 1 aromatic carbocycles. The summed E-state index contributed by atoms with van der Waals surface area (Å²) < 4.78 is 72.3. The average molecular weight is 1050 g/mol. The number of carbonyl (C=O) groups excluding carboxylic acids is 3. The highest BCUT2D eigenvalue weighted by Gasteiger charge is 2.37. The van der Waals surface area contributed by atoms with Crippen LogP contribution in [-0.4, -0.2) is 82.7 Å². The molecule has 9 rings (SSSR count). The van der Waals surface area contributed by atoms with E-state index in [2.05, 4.69) is 50.4 Å². The van der Waals surface area contributed by atoms with Gasteiger partial charge in [-0.05, 0) is 127 Å². The molecular weight excluding hydrogens is 980 g/mol. The molecule has 2 aliphatic rings. The predicted molar refractivity (Wildman–Crippen MR) is 275 cm³/mol. The Morgan fingerprint density at radius 1 is 0.627 bits per heavy atom. The van der Waals surface area contributed by atoms with Crippen LogP contribution in [0.3, 0.4) is 0 Å². The molecule has 6 aromatic heterocycles. The van der Waals surface area contributed by atoms with E-state index in [-0.39, 0.29) is 71.3 Å². The molecule has 2 saturated carbocycles. The molecule has 22 heteroatoms. The maximum Gasteiger partial charge on any atom is 0.418 e. The topological polar surface area (TPSA) is 220 Å². The Balaban J connectivity index is 0.000000164. The number of alkyl halides is 3. The third-order valence-electron chi connectivity index (χ3n) is 13.0. The molecule has 0 unspecified atom stereocenters. The molecule has 5 N–H and O–H groups in total. The smallest absolute Gasteiger partial charge is 0.390 e. The number of benzene rings is 1. The van der Waals surface area contributed by atoms with E-state index in [0.29, 0.717) is 36.0 Å². The van der Waals surface area contributed by atoms with E-state index in [1.165, 1.54) is 37.0 Å². The van der Waals surface area contributed by atoms with Crippen LogP contribution in [0.15, 0.2) is 54.7 Å². The van der Waals surface area contributed by atoms with Crippen LogP contribution in [0.25, 0.3) is 39.2 Å². The van der Waals surface area contributed by atoms with Crippen molar-refractivity contribution in [2.24, 2.45) is 5.41 Å². The Kier molecular flexibility index (Phi) is 16.4. The monoisotopic (exact) mass is 1040 g/mol. The summed E-state index contributed by atoms with van der Waals surface area (Å²) in [5.41, 5.74) is 0.990. The van der Waals surface area contributed by atoms with Crippen LogP contribution < -0.4 is 16.0 Å². The average Bonchev–Trinajstić information content (AvgIpc) is 3.90. The van der Waals surface area contributed by atoms with Gasteiger partial charge in [0.05, 0.1) is 35.3 Å². The molecule has 3 amide bonds. The number of hydrogen-bond donors (Lipinski definition) is 5. The highest BCUT2D eigenvalue weighted by Crippen LogP contribution is 2.41. The number of pyridine rings is 3. The normalized spacial score (nSPS) is 14.4. The summed E-state index contributed by atoms with van der Waals surface area (Å²) in [5.74, 6) is -1.63. The first kappa shape index (κ1) is 55.8. The number of amides is 3. The summed E-state index contributed by atoms with van der Waals surface area (Å²) in [6.45, 7) is 16.3. The lowest BCUT2D eigenvalue weighted by Gasteiger charge is -2.29. The maximum atomic E-state index is 13.7. The molecule has 0 saturated heterocycles. The van der Waals surface area contributed by atoms with Crippen LogP contribution >= 0.6 is 0 Å². The van der Waals surface area contributed by atoms with Crippen molar-refractivity contribution in [1.29, 1.82) is 0 Å². The molecule has 2 fully saturated rings. The van der Waals surface area contributed by atoms with Crippen LogP contribution in [0.4, 0.5) is 39.8 Å². The van der Waals surface area contributed by atoms with Gasteiger partial charge in [-0.2, -0.15) is 13.2 Å². The van der Waals surface area contributed by atoms with Crippen LogP contribution in [0.5, 0.6) is 0 Å². The maximum absolute atomic E-state index is 13.7. The SMILES string of the molecule is CC(C)(O)CC(=O)Nc1nc2c(C(F)(F)F)ccnc2n1C1CCC1.CCC(O)(CC)CC(=O)Nc1nc2ccc(C)nc2n1C1CCC1.Cc1ccc2nc(NC(=O)CC(C)(C)C)n(-c3cc(F)cc(F)c3)c2n1. The number of aryl methyl sites for hydroxylation is 2. The van der Waals surface area contributed by atoms with E-state index in [1.807, 2.05) is 53.7 Å². The fourth-order valence-electron chi connectivity index (χ4n) is 8.67. The number of nitrogens with zero attached hydrogens (tertiary/aromatic N) is 9. The van der Waals surface area contributed by atoms with E-state index in [0.717, 1.165) is 73.0 Å². The molecule has 0 radical (unpaired) electrons. The van der Waals surface area contributed by atoms with E-state index >= 15 is 0 Å². The summed E-state index contributed by atoms with van der Waals surface area (Å²) in [4.78, 5) is 62.9. The molecule has 6 heterocycles. The Bertz CT molecular complexity index is 3190. The van der Waals surface area contributed by atoms with Gasteiger partial charge in [0.15, 0.2) is 16.9 Å². The third kappa shape index (κ3) is 13.7. The van der Waals surface area contributed by atoms with Crippen LogP contribution in [-0.2, 0) is 20.6 Å². The first-order valence-corrected chi connectivity index (χ1v) is 25.1. The Morgan fingerprint density at radius 3 is 1.61 bits per heavy atom. The summed E-state index contributed by atoms with van der Waals surface area (Å²) >= 11 is 0. The number of aromatic nitrogens is 9. The highest BCUT2D eigenvalue weighted by molar-refractivity contribution is 5.94. The fraction of sp³-hybridized carbons (Fsp3) is 0.491. The lowest BCUT2D eigenvalue weighted by molar-refractivity contribution is -0.136. The molecule has 0 bridgehead atoms. The van der Waals surface area contributed by atoms with Crippen molar-refractivity contribution >= 4 is 69.1 Å². The van der Waals surface area contributed by atoms with Gasteiger partial charge < -0.3 is 10.2 Å². The molecule has 0 spiro atoms. The minimum Gasteiger partial charge on any atom is -0.390 e. The van der Waals surface area contributed by atoms with Crippen LogP contribution in [0.2, 0.25) is 0 Å². The van der Waals surface area contributed by atoms with Gasteiger partial charge in [-0.25, -0.2) is 38.7 Å². The lowest BCUT2D eigenvalue weighted by Crippen LogP contribution is -2.33. The van der Waals surface area contributed by atoms with E-state index in [9.17, 15) is 46.5 Å². The third-order valence-corrected chi connectivity index (χ3v) is 13.0. The number of nitrogens with one attached hydrogen (secondary N) is 3. The van der Waals surface area contributed by atoms with Gasteiger partial charge in [-0.15, -0.1) is 0 Å². The Morgan fingerprint density at radius 2 is 1.11 bits per heavy atom. The number of halogens is 5. The van der Waals surface area contributed by atoms with E-state index < -0.39 is 40.5 Å². The van der Waals surface area contributed by atoms with Gasteiger partial charge in [-0.3, -0.25) is 44.0 Å². The second-order valence-electron chi connectivity index (χ2n) is 21.3. The number of imidazole rings is 3. The molecule has 0 aliphatic heterocycles. The first-order chi connectivity index (χ1) is 35.1. The summed E-state index contributed by atoms with van der Waals surface area (Å²) in [7, 11) is 0. The second-order valence-corrected chi connectivity index (χ2v) is 21.3. The van der Waals surface area contributed by atoms with Gasteiger partial charge in [0.2, 0.25) is 35.6 Å². The van der Waals surface area contributed by atoms with Crippen molar-refractivity contribution in [1.82, 2.24) is 43.6 Å². The van der Waals surface area contributed by atoms with Crippen molar-refractivity contribution in [3.8, 4) is 5.69 Å². The van der Waals surface area contributed by atoms with Crippen LogP contribution in [0.1, 0.15) is 148 Å². The standard InChI is InChI=1S/C19H20F2N4O.C18H26N4O2.C16H19F3N4O2/c1-11-5-6-15-17(22-11)25(14-8-12(20)7-13(21)9-14)18(23-15)24-16(26)10-19(2,3)4;1-4-18(24,5-2)11-15(23)21-17-20-14-10-9-12(3)19-16(14)22(17)13-7-6-8-13;1-15(2,25)8-11(24)21-14-22-12-10(16(17,18)19)6-7-20-13(12)23(14)9-4-3-5-9/h5-9H,10H2,1-4H3,(H,23,24,26);9-10,13,24H,4-8,11H2,1-3H3,(H,20,21,23);6-7,9,25H,3-5,8H2,1-2H3,(H,21,22,24). The van der Waals surface area contributed by atoms with Crippen molar-refractivity contribution in [2.45, 2.75) is 162 Å². The van der Waals surface area contributed by atoms with Gasteiger partial charge in [0.25, 0.3) is 0 Å². The number of hydrogen-bond acceptors (Lipinski definition) is 11. The molecule has 17 nitrogen and oxygen atoms in total. The second kappa shape index (κ2) is 22.1. The number of aliphatic hydroxyl groups is 2. The first-order valence-electron chi connectivity index (χ1n) is 25.1. The Labute approximate surface area is 430 Å². The van der Waals surface area contributed by atoms with Gasteiger partial charge in [0.1, 0.15) is 28.2 Å². The van der Waals surface area contributed by atoms with Gasteiger partial charge >= 0.3 is 6.18 Å². The summed E-state index contributed by atoms with van der Waals surface area (Å²) in [6.07, 6.45) is 3.70. The molecule has 402 valence electrons. The summed E-state index contributed by atoms with van der Waals surface area (Å²) in [5, 5.41) is 28.3. The zero-order chi connectivity index (χ0) is 54.8. The highest BCUT2D eigenvalue weighted by atomic mass is 19.4. The van der Waals surface area contributed by atoms with Gasteiger partial charge in [-0.1, -0.05) is 34.6 Å². The summed E-state index contributed by atoms with van der Waals surface area (Å²) in [6, 6.07) is 11.7. The molecule has 75 heavy (non-hydrogen) atoms. The largest absolute Gasteiger partial charge is 0.418 e. The zero-order valence-corrected chi connectivity index (χ0v) is 43.7. The zero-order valence-electron chi connectivity index (χ0n) is 43.7. The van der Waals surface area contributed by atoms with E-state index in [4.69, 9.17) is 0 Å². The van der Waals surface area contributed by atoms with E-state index in [1.54, 1.807) is 23.6 Å². The van der Waals surface area contributed by atoms with Crippen molar-refractivity contribution in [3.05, 3.63) is 83.3 Å². The number of fused-ring (bicyclic) bond motifs is 3. The number of carbonyl (C=O) groups is 3. The Hall–Kier alpha value is -6.94. The van der Waals surface area contributed by atoms with Crippen molar-refractivity contribution in [2.75, 3.05) is 16.0 Å². The number of rotatable bonds is 13. The molecule has 7 aromatic rings. The van der Waals surface area contributed by atoms with Crippen LogP contribution in [0, 0.1) is 30.9 Å². The molecular formula is C53H65F5N12O5. The number of anilines is 3. The lowest BCUT2D eigenvalue weighted by atomic mass is 9.92. The molecule has 2 aliphatic carbocycles. The minimum absolute atomic E-state index is 0.0400. The quantitative estimate of drug-likeness (QED) is 0.0684. The molecule has 0 atom stereocenters. The van der Waals surface area contributed by atoms with Gasteiger partial charge in [0, 0.05) is 42.2 Å². The van der Waals surface area contributed by atoms with Crippen molar-refractivity contribution in [3.63, 3.8) is 0 Å².